The summed E-state index contributed by atoms with van der Waals surface area (Å²) in [5.74, 6) is -0.174. The number of ether oxygens (including phenoxy) is 1. The van der Waals surface area contributed by atoms with Crippen LogP contribution in [0.3, 0.4) is 0 Å². The Hall–Kier alpha value is -2.57. The number of carboxylic acid groups (broad SMARTS) is 1. The van der Waals surface area contributed by atoms with Crippen LogP contribution in [0.5, 0.6) is 0 Å². The van der Waals surface area contributed by atoms with Crippen LogP contribution in [0.2, 0.25) is 0 Å². The average molecular weight is 291 g/mol. The lowest BCUT2D eigenvalue weighted by Crippen LogP contribution is -2.18. The zero-order chi connectivity index (χ0) is 15.6. The number of nitrogens with two attached hydrogens (primary N) is 1. The highest BCUT2D eigenvalue weighted by molar-refractivity contribution is 6.01. The van der Waals surface area contributed by atoms with Crippen LogP contribution < -0.4 is 5.73 Å². The highest BCUT2D eigenvalue weighted by atomic mass is 16.5. The lowest BCUT2D eigenvalue weighted by molar-refractivity contribution is 0.0698. The number of benzene rings is 1. The first-order valence-electron chi connectivity index (χ1n) is 6.56. The van der Waals surface area contributed by atoms with Gasteiger partial charge in [-0.1, -0.05) is 19.9 Å². The largest absolute Gasteiger partial charge is 0.478 e. The van der Waals surface area contributed by atoms with Crippen LogP contribution in [0.15, 0.2) is 18.2 Å². The molecular formula is C14H17N3O4. The Kier molecular flexibility index (Phi) is 4.11. The summed E-state index contributed by atoms with van der Waals surface area (Å²) in [6.45, 7) is 4.30. The minimum absolute atomic E-state index is 0.0640. The van der Waals surface area contributed by atoms with E-state index in [-0.39, 0.29) is 18.1 Å². The summed E-state index contributed by atoms with van der Waals surface area (Å²) >= 11 is 0. The third kappa shape index (κ3) is 2.96. The van der Waals surface area contributed by atoms with E-state index >= 15 is 0 Å². The molecule has 1 aromatic carbocycles. The van der Waals surface area contributed by atoms with E-state index in [2.05, 4.69) is 4.98 Å². The zero-order valence-corrected chi connectivity index (χ0v) is 11.9. The first-order chi connectivity index (χ1) is 9.91. The normalized spacial score (nSPS) is 11.0. The summed E-state index contributed by atoms with van der Waals surface area (Å²) in [5.41, 5.74) is 6.25. The molecule has 0 aliphatic heterocycles. The minimum Gasteiger partial charge on any atom is -0.478 e. The highest BCUT2D eigenvalue weighted by Gasteiger charge is 2.19. The first kappa shape index (κ1) is 14.8. The molecule has 0 fully saturated rings. The number of para-hydroxylation sites is 1. The Bertz CT molecular complexity index is 691. The molecule has 0 radical (unpaired) electrons. The molecule has 7 heteroatoms. The Morgan fingerprint density at radius 3 is 2.71 bits per heavy atom. The molecule has 7 nitrogen and oxygen atoms in total. The van der Waals surface area contributed by atoms with Crippen LogP contribution >= 0.6 is 0 Å². The maximum atomic E-state index is 11.4. The van der Waals surface area contributed by atoms with E-state index in [0.717, 1.165) is 5.82 Å². The van der Waals surface area contributed by atoms with Gasteiger partial charge in [0, 0.05) is 5.92 Å². The molecular weight excluding hydrogens is 274 g/mol. The zero-order valence-electron chi connectivity index (χ0n) is 11.9. The molecule has 1 aromatic heterocycles. The van der Waals surface area contributed by atoms with Crippen molar-refractivity contribution >= 4 is 23.1 Å². The predicted molar refractivity (Wildman–Crippen MR) is 76.3 cm³/mol. The van der Waals surface area contributed by atoms with Gasteiger partial charge in [0.25, 0.3) is 0 Å². The van der Waals surface area contributed by atoms with Crippen LogP contribution in [0, 0.1) is 0 Å². The van der Waals surface area contributed by atoms with Crippen molar-refractivity contribution in [2.75, 3.05) is 6.61 Å². The van der Waals surface area contributed by atoms with E-state index in [1.807, 2.05) is 13.8 Å². The van der Waals surface area contributed by atoms with Crippen molar-refractivity contribution in [3.05, 3.63) is 29.6 Å². The molecule has 0 aliphatic carbocycles. The standard InChI is InChI=1S/C14H17N3O4/c1-8(2)12-16-10-5-3-4-9(13(18)19)11(10)17(12)6-7-21-14(15)20/h3-5,8H,6-7H2,1-2H3,(H2,15,20)(H,18,19). The minimum atomic E-state index is -1.02. The molecule has 0 saturated heterocycles. The lowest BCUT2D eigenvalue weighted by Gasteiger charge is -2.12. The monoisotopic (exact) mass is 291 g/mol. The van der Waals surface area contributed by atoms with Gasteiger partial charge in [-0.3, -0.25) is 0 Å². The van der Waals surface area contributed by atoms with Crippen LogP contribution in [-0.4, -0.2) is 33.3 Å². The van der Waals surface area contributed by atoms with E-state index in [4.69, 9.17) is 10.5 Å². The molecule has 3 N–H and O–H groups in total. The molecule has 0 unspecified atom stereocenters. The molecule has 0 atom stereocenters. The van der Waals surface area contributed by atoms with Gasteiger partial charge in [0.05, 0.1) is 23.1 Å². The van der Waals surface area contributed by atoms with Gasteiger partial charge in [0.2, 0.25) is 0 Å². The summed E-state index contributed by atoms with van der Waals surface area (Å²) in [6, 6.07) is 4.95. The topological polar surface area (TPSA) is 107 Å². The summed E-state index contributed by atoms with van der Waals surface area (Å²) in [7, 11) is 0. The second kappa shape index (κ2) is 5.82. The fraction of sp³-hybridized carbons (Fsp3) is 0.357. The number of carbonyl (C=O) groups is 2. The Balaban J connectivity index is 2.54. The van der Waals surface area contributed by atoms with Crippen LogP contribution in [0.25, 0.3) is 11.0 Å². The number of imidazole rings is 1. The number of carbonyl (C=O) groups excluding carboxylic acids is 1. The lowest BCUT2D eigenvalue weighted by atomic mass is 10.2. The van der Waals surface area contributed by atoms with Gasteiger partial charge in [0.15, 0.2) is 0 Å². The first-order valence-corrected chi connectivity index (χ1v) is 6.56. The number of carboxylic acids is 1. The summed E-state index contributed by atoms with van der Waals surface area (Å²) in [5, 5.41) is 9.32. The second-order valence-corrected chi connectivity index (χ2v) is 4.92. The maximum absolute atomic E-state index is 11.4. The summed E-state index contributed by atoms with van der Waals surface area (Å²) in [6.07, 6.45) is -0.857. The maximum Gasteiger partial charge on any atom is 0.404 e. The van der Waals surface area contributed by atoms with Crippen LogP contribution in [0.4, 0.5) is 4.79 Å². The molecule has 0 aliphatic rings. The number of primary amides is 1. The fourth-order valence-electron chi connectivity index (χ4n) is 2.28. The second-order valence-electron chi connectivity index (χ2n) is 4.92. The molecule has 0 bridgehead atoms. The van der Waals surface area contributed by atoms with E-state index in [1.54, 1.807) is 16.7 Å². The van der Waals surface area contributed by atoms with E-state index in [9.17, 15) is 14.7 Å². The average Bonchev–Trinajstić information content (AvgIpc) is 2.77. The molecule has 0 spiro atoms. The van der Waals surface area contributed by atoms with Crippen molar-refractivity contribution in [3.63, 3.8) is 0 Å². The molecule has 112 valence electrons. The molecule has 21 heavy (non-hydrogen) atoms. The number of aromatic nitrogens is 2. The molecule has 2 aromatic rings. The van der Waals surface area contributed by atoms with Crippen molar-refractivity contribution in [3.8, 4) is 0 Å². The quantitative estimate of drug-likeness (QED) is 0.875. The molecule has 1 heterocycles. The number of nitrogens with zero attached hydrogens (tertiary/aromatic N) is 2. The SMILES string of the molecule is CC(C)c1nc2cccc(C(=O)O)c2n1CCOC(N)=O. The molecule has 1 amide bonds. The smallest absolute Gasteiger partial charge is 0.404 e. The number of aromatic carboxylic acids is 1. The van der Waals surface area contributed by atoms with Gasteiger partial charge in [0.1, 0.15) is 12.4 Å². The number of rotatable bonds is 5. The number of hydrogen-bond donors (Lipinski definition) is 2. The van der Waals surface area contributed by atoms with E-state index < -0.39 is 12.1 Å². The van der Waals surface area contributed by atoms with E-state index in [1.165, 1.54) is 6.07 Å². The van der Waals surface area contributed by atoms with Crippen molar-refractivity contribution in [1.82, 2.24) is 9.55 Å². The predicted octanol–water partition coefficient (Wildman–Crippen LogP) is 1.95. The number of hydrogen-bond acceptors (Lipinski definition) is 4. The third-order valence-corrected chi connectivity index (χ3v) is 3.10. The van der Waals surface area contributed by atoms with Gasteiger partial charge in [-0.15, -0.1) is 0 Å². The molecule has 2 rings (SSSR count). The van der Waals surface area contributed by atoms with Crippen molar-refractivity contribution in [1.29, 1.82) is 0 Å². The highest BCUT2D eigenvalue weighted by Crippen LogP contribution is 2.25. The van der Waals surface area contributed by atoms with Gasteiger partial charge in [-0.05, 0) is 12.1 Å². The fourth-order valence-corrected chi connectivity index (χ4v) is 2.28. The van der Waals surface area contributed by atoms with Crippen molar-refractivity contribution < 1.29 is 19.4 Å². The van der Waals surface area contributed by atoms with Gasteiger partial charge in [-0.25, -0.2) is 14.6 Å². The van der Waals surface area contributed by atoms with E-state index in [0.29, 0.717) is 17.6 Å². The Labute approximate surface area is 121 Å². The Morgan fingerprint density at radius 2 is 2.14 bits per heavy atom. The van der Waals surface area contributed by atoms with Gasteiger partial charge < -0.3 is 20.1 Å². The van der Waals surface area contributed by atoms with Crippen molar-refractivity contribution in [2.45, 2.75) is 26.3 Å². The van der Waals surface area contributed by atoms with Gasteiger partial charge in [-0.2, -0.15) is 0 Å². The summed E-state index contributed by atoms with van der Waals surface area (Å²) in [4.78, 5) is 26.5. The number of fused-ring (bicyclic) bond motifs is 1. The van der Waals surface area contributed by atoms with Crippen LogP contribution in [0.1, 0.15) is 35.9 Å². The Morgan fingerprint density at radius 1 is 1.43 bits per heavy atom. The summed E-state index contributed by atoms with van der Waals surface area (Å²) < 4.78 is 6.51. The third-order valence-electron chi connectivity index (χ3n) is 3.10. The van der Waals surface area contributed by atoms with Crippen molar-refractivity contribution in [2.24, 2.45) is 5.73 Å². The van der Waals surface area contributed by atoms with Crippen LogP contribution in [-0.2, 0) is 11.3 Å². The van der Waals surface area contributed by atoms with Gasteiger partial charge >= 0.3 is 12.1 Å². The molecule has 0 saturated carbocycles. The number of amides is 1.